The van der Waals surface area contributed by atoms with Gasteiger partial charge in [-0.1, -0.05) is 11.6 Å². The third-order valence-electron chi connectivity index (χ3n) is 2.15. The summed E-state index contributed by atoms with van der Waals surface area (Å²) < 4.78 is 2.72. The first-order chi connectivity index (χ1) is 7.58. The first-order valence-electron chi connectivity index (χ1n) is 4.59. The van der Waals surface area contributed by atoms with Crippen molar-refractivity contribution in [3.05, 3.63) is 44.7 Å². The van der Waals surface area contributed by atoms with Crippen molar-refractivity contribution < 1.29 is 4.79 Å². The third-order valence-corrected chi connectivity index (χ3v) is 3.01. The van der Waals surface area contributed by atoms with Gasteiger partial charge in [0, 0.05) is 11.8 Å². The Bertz CT molecular complexity index is 551. The van der Waals surface area contributed by atoms with Crippen LogP contribution in [-0.4, -0.2) is 15.6 Å². The van der Waals surface area contributed by atoms with Gasteiger partial charge in [-0.3, -0.25) is 4.79 Å². The largest absolute Gasteiger partial charge is 0.295 e. The van der Waals surface area contributed by atoms with E-state index in [0.29, 0.717) is 10.6 Å². The van der Waals surface area contributed by atoms with Gasteiger partial charge < -0.3 is 0 Å². The standard InChI is InChI=1S/C11H8ClIN2O/c1-7(16)8-2-3-11(10(12)4-8)15-6-9(13)5-14-15/h2-6H,1H3. The van der Waals surface area contributed by atoms with E-state index in [9.17, 15) is 4.79 Å². The van der Waals surface area contributed by atoms with Crippen molar-refractivity contribution in [2.45, 2.75) is 6.92 Å². The zero-order valence-electron chi connectivity index (χ0n) is 8.45. The molecule has 0 N–H and O–H groups in total. The molecule has 2 aromatic rings. The lowest BCUT2D eigenvalue weighted by Gasteiger charge is -2.05. The number of hydrogen-bond acceptors (Lipinski definition) is 2. The van der Waals surface area contributed by atoms with E-state index >= 15 is 0 Å². The summed E-state index contributed by atoms with van der Waals surface area (Å²) in [5.41, 5.74) is 1.38. The van der Waals surface area contributed by atoms with Gasteiger partial charge in [0.05, 0.1) is 20.5 Å². The van der Waals surface area contributed by atoms with E-state index in [1.807, 2.05) is 6.20 Å². The maximum Gasteiger partial charge on any atom is 0.159 e. The average Bonchev–Trinajstić information content (AvgIpc) is 2.64. The number of halogens is 2. The van der Waals surface area contributed by atoms with Crippen LogP contribution in [-0.2, 0) is 0 Å². The van der Waals surface area contributed by atoms with Crippen LogP contribution in [0.15, 0.2) is 30.6 Å². The van der Waals surface area contributed by atoms with Crippen LogP contribution in [0.5, 0.6) is 0 Å². The van der Waals surface area contributed by atoms with E-state index in [1.165, 1.54) is 6.92 Å². The summed E-state index contributed by atoms with van der Waals surface area (Å²) in [7, 11) is 0. The van der Waals surface area contributed by atoms with Crippen molar-refractivity contribution >= 4 is 40.0 Å². The molecule has 1 aromatic carbocycles. The summed E-state index contributed by atoms with van der Waals surface area (Å²) >= 11 is 8.28. The number of benzene rings is 1. The van der Waals surface area contributed by atoms with Gasteiger partial charge in [-0.15, -0.1) is 0 Å². The van der Waals surface area contributed by atoms with Crippen LogP contribution in [0.3, 0.4) is 0 Å². The zero-order chi connectivity index (χ0) is 11.7. The Labute approximate surface area is 112 Å². The van der Waals surface area contributed by atoms with Crippen LogP contribution in [0.2, 0.25) is 5.02 Å². The lowest BCUT2D eigenvalue weighted by Crippen LogP contribution is -1.98. The Morgan fingerprint density at radius 2 is 2.25 bits per heavy atom. The molecule has 3 nitrogen and oxygen atoms in total. The number of rotatable bonds is 2. The molecule has 0 unspecified atom stereocenters. The monoisotopic (exact) mass is 346 g/mol. The molecular formula is C11H8ClIN2O. The topological polar surface area (TPSA) is 34.9 Å². The molecule has 0 amide bonds. The molecule has 5 heteroatoms. The van der Waals surface area contributed by atoms with Crippen molar-refractivity contribution in [1.82, 2.24) is 9.78 Å². The molecule has 1 aromatic heterocycles. The summed E-state index contributed by atoms with van der Waals surface area (Å²) in [6.07, 6.45) is 3.62. The van der Waals surface area contributed by atoms with Crippen LogP contribution in [0, 0.1) is 3.57 Å². The quantitative estimate of drug-likeness (QED) is 0.617. The van der Waals surface area contributed by atoms with Gasteiger partial charge in [-0.25, -0.2) is 4.68 Å². The fourth-order valence-electron chi connectivity index (χ4n) is 1.34. The van der Waals surface area contributed by atoms with Gasteiger partial charge in [0.25, 0.3) is 0 Å². The predicted molar refractivity (Wildman–Crippen MR) is 71.3 cm³/mol. The average molecular weight is 347 g/mol. The fourth-order valence-corrected chi connectivity index (χ4v) is 2.00. The van der Waals surface area contributed by atoms with Crippen molar-refractivity contribution in [2.75, 3.05) is 0 Å². The van der Waals surface area contributed by atoms with Gasteiger partial charge >= 0.3 is 0 Å². The molecule has 2 rings (SSSR count). The van der Waals surface area contributed by atoms with Gasteiger partial charge in [0.15, 0.2) is 5.78 Å². The Morgan fingerprint density at radius 3 is 2.75 bits per heavy atom. The number of nitrogens with zero attached hydrogens (tertiary/aromatic N) is 2. The number of Topliss-reactive ketones (excluding diaryl/α,β-unsaturated/α-hetero) is 1. The molecule has 0 saturated carbocycles. The Balaban J connectivity index is 2.47. The SMILES string of the molecule is CC(=O)c1ccc(-n2cc(I)cn2)c(Cl)c1. The maximum atomic E-state index is 11.2. The van der Waals surface area contributed by atoms with E-state index < -0.39 is 0 Å². The normalized spacial score (nSPS) is 10.4. The van der Waals surface area contributed by atoms with E-state index in [4.69, 9.17) is 11.6 Å². The van der Waals surface area contributed by atoms with Gasteiger partial charge in [0.2, 0.25) is 0 Å². The molecule has 0 fully saturated rings. The molecule has 0 radical (unpaired) electrons. The van der Waals surface area contributed by atoms with Gasteiger partial charge in [-0.05, 0) is 47.7 Å². The van der Waals surface area contributed by atoms with E-state index in [2.05, 4.69) is 27.7 Å². The van der Waals surface area contributed by atoms with Crippen molar-refractivity contribution in [1.29, 1.82) is 0 Å². The van der Waals surface area contributed by atoms with Gasteiger partial charge in [0.1, 0.15) is 0 Å². The first-order valence-corrected chi connectivity index (χ1v) is 6.04. The van der Waals surface area contributed by atoms with Gasteiger partial charge in [-0.2, -0.15) is 5.10 Å². The molecule has 0 bridgehead atoms. The van der Waals surface area contributed by atoms with Crippen molar-refractivity contribution in [3.63, 3.8) is 0 Å². The second-order valence-corrected chi connectivity index (χ2v) is 4.98. The Kier molecular flexibility index (Phi) is 3.30. The molecule has 1 heterocycles. The lowest BCUT2D eigenvalue weighted by atomic mass is 10.1. The first kappa shape index (κ1) is 11.6. The van der Waals surface area contributed by atoms with E-state index in [0.717, 1.165) is 9.26 Å². The molecule has 0 atom stereocenters. The van der Waals surface area contributed by atoms with Crippen molar-refractivity contribution in [3.8, 4) is 5.69 Å². The van der Waals surface area contributed by atoms with E-state index in [1.54, 1.807) is 29.1 Å². The number of aromatic nitrogens is 2. The number of carbonyl (C=O) groups excluding carboxylic acids is 1. The third kappa shape index (κ3) is 2.27. The number of hydrogen-bond donors (Lipinski definition) is 0. The highest BCUT2D eigenvalue weighted by molar-refractivity contribution is 14.1. The molecule has 0 aliphatic rings. The highest BCUT2D eigenvalue weighted by Gasteiger charge is 2.07. The molecule has 82 valence electrons. The molecule has 16 heavy (non-hydrogen) atoms. The zero-order valence-corrected chi connectivity index (χ0v) is 11.4. The van der Waals surface area contributed by atoms with Crippen LogP contribution in [0.4, 0.5) is 0 Å². The fraction of sp³-hybridized carbons (Fsp3) is 0.0909. The minimum absolute atomic E-state index is 0.00324. The van der Waals surface area contributed by atoms with Crippen LogP contribution >= 0.6 is 34.2 Å². The molecule has 0 saturated heterocycles. The minimum Gasteiger partial charge on any atom is -0.295 e. The van der Waals surface area contributed by atoms with Crippen LogP contribution < -0.4 is 0 Å². The second-order valence-electron chi connectivity index (χ2n) is 3.33. The number of ketones is 1. The molecule has 0 aliphatic heterocycles. The summed E-state index contributed by atoms with van der Waals surface area (Å²) in [4.78, 5) is 11.2. The number of carbonyl (C=O) groups is 1. The molecule has 0 aliphatic carbocycles. The summed E-state index contributed by atoms with van der Waals surface area (Å²) in [6, 6.07) is 5.20. The van der Waals surface area contributed by atoms with E-state index in [-0.39, 0.29) is 5.78 Å². The highest BCUT2D eigenvalue weighted by Crippen LogP contribution is 2.22. The summed E-state index contributed by atoms with van der Waals surface area (Å²) in [6.45, 7) is 1.52. The molecular weight excluding hydrogens is 338 g/mol. The Hall–Kier alpha value is -0.880. The highest BCUT2D eigenvalue weighted by atomic mass is 127. The second kappa shape index (κ2) is 4.55. The lowest BCUT2D eigenvalue weighted by molar-refractivity contribution is 0.101. The van der Waals surface area contributed by atoms with Crippen LogP contribution in [0.1, 0.15) is 17.3 Å². The predicted octanol–water partition coefficient (Wildman–Crippen LogP) is 3.33. The maximum absolute atomic E-state index is 11.2. The van der Waals surface area contributed by atoms with Crippen LogP contribution in [0.25, 0.3) is 5.69 Å². The minimum atomic E-state index is 0.00324. The smallest absolute Gasteiger partial charge is 0.159 e. The summed E-state index contributed by atoms with van der Waals surface area (Å²) in [5.74, 6) is 0.00324. The van der Waals surface area contributed by atoms with Crippen molar-refractivity contribution in [2.24, 2.45) is 0 Å². The summed E-state index contributed by atoms with van der Waals surface area (Å²) in [5, 5.41) is 4.68. The molecule has 0 spiro atoms. The Morgan fingerprint density at radius 1 is 1.50 bits per heavy atom.